The van der Waals surface area contributed by atoms with Crippen LogP contribution in [-0.2, 0) is 0 Å². The summed E-state index contributed by atoms with van der Waals surface area (Å²) in [6.45, 7) is 0. The molecule has 0 aliphatic carbocycles. The Bertz CT molecular complexity index is 814. The molecule has 3 nitrogen and oxygen atoms in total. The lowest BCUT2D eigenvalue weighted by Gasteiger charge is -2.09. The smallest absolute Gasteiger partial charge is 0.254 e. The van der Waals surface area contributed by atoms with Crippen LogP contribution in [0.5, 0.6) is 0 Å². The van der Waals surface area contributed by atoms with Crippen molar-refractivity contribution in [1.82, 2.24) is 4.98 Å². The first kappa shape index (κ1) is 12.6. The van der Waals surface area contributed by atoms with Gasteiger partial charge in [-0.1, -0.05) is 36.4 Å². The molecular formula is C16H11ClN2O. The second kappa shape index (κ2) is 4.94. The number of benzene rings is 2. The number of carbonyl (C=O) groups excluding carboxylic acids is 1. The van der Waals surface area contributed by atoms with Crippen molar-refractivity contribution >= 4 is 33.3 Å². The summed E-state index contributed by atoms with van der Waals surface area (Å²) in [5.74, 6) is 0. The van der Waals surface area contributed by atoms with Gasteiger partial charge in [-0.3, -0.25) is 9.78 Å². The molecule has 0 spiro atoms. The third-order valence-electron chi connectivity index (χ3n) is 3.17. The highest BCUT2D eigenvalue weighted by molar-refractivity contribution is 6.68. The summed E-state index contributed by atoms with van der Waals surface area (Å²) in [6, 6.07) is 15.1. The number of nitrogens with zero attached hydrogens (tertiary/aromatic N) is 1. The van der Waals surface area contributed by atoms with E-state index in [4.69, 9.17) is 17.3 Å². The minimum Gasteiger partial charge on any atom is -0.399 e. The molecule has 0 saturated heterocycles. The van der Waals surface area contributed by atoms with Crippen LogP contribution in [0, 0.1) is 0 Å². The molecular weight excluding hydrogens is 272 g/mol. The van der Waals surface area contributed by atoms with Gasteiger partial charge in [0.05, 0.1) is 11.3 Å². The Morgan fingerprint density at radius 3 is 2.50 bits per heavy atom. The Balaban J connectivity index is 2.33. The molecule has 1 heterocycles. The Morgan fingerprint density at radius 1 is 1.05 bits per heavy atom. The van der Waals surface area contributed by atoms with Gasteiger partial charge in [-0.15, -0.1) is 0 Å². The fraction of sp³-hybridized carbons (Fsp3) is 0. The molecule has 0 aliphatic rings. The van der Waals surface area contributed by atoms with Gasteiger partial charge in [-0.05, 0) is 29.1 Å². The van der Waals surface area contributed by atoms with Crippen molar-refractivity contribution < 1.29 is 4.79 Å². The Labute approximate surface area is 121 Å². The first-order valence-electron chi connectivity index (χ1n) is 6.10. The topological polar surface area (TPSA) is 56.0 Å². The van der Waals surface area contributed by atoms with E-state index in [2.05, 4.69) is 4.98 Å². The molecule has 0 radical (unpaired) electrons. The van der Waals surface area contributed by atoms with Crippen LogP contribution in [0.1, 0.15) is 10.4 Å². The summed E-state index contributed by atoms with van der Waals surface area (Å²) >= 11 is 5.61. The van der Waals surface area contributed by atoms with Gasteiger partial charge in [-0.25, -0.2) is 0 Å². The van der Waals surface area contributed by atoms with Gasteiger partial charge < -0.3 is 5.73 Å². The molecule has 0 atom stereocenters. The lowest BCUT2D eigenvalue weighted by atomic mass is 10.0. The summed E-state index contributed by atoms with van der Waals surface area (Å²) < 4.78 is 0. The molecule has 0 aliphatic heterocycles. The molecule has 0 unspecified atom stereocenters. The molecule has 3 aromatic rings. The van der Waals surface area contributed by atoms with E-state index in [0.717, 1.165) is 22.0 Å². The molecule has 0 bridgehead atoms. The lowest BCUT2D eigenvalue weighted by molar-refractivity contribution is 0.108. The average molecular weight is 283 g/mol. The Hall–Kier alpha value is -2.39. The van der Waals surface area contributed by atoms with Crippen LogP contribution in [0.4, 0.5) is 5.69 Å². The van der Waals surface area contributed by atoms with Crippen molar-refractivity contribution in [2.45, 2.75) is 0 Å². The predicted octanol–water partition coefficient (Wildman–Crippen LogP) is 3.86. The van der Waals surface area contributed by atoms with Crippen molar-refractivity contribution in [2.75, 3.05) is 5.73 Å². The van der Waals surface area contributed by atoms with Gasteiger partial charge in [0, 0.05) is 22.8 Å². The number of anilines is 1. The van der Waals surface area contributed by atoms with Gasteiger partial charge in [0.15, 0.2) is 0 Å². The highest BCUT2D eigenvalue weighted by Gasteiger charge is 2.12. The monoisotopic (exact) mass is 282 g/mol. The largest absolute Gasteiger partial charge is 0.399 e. The quantitative estimate of drug-likeness (QED) is 0.573. The fourth-order valence-electron chi connectivity index (χ4n) is 2.27. The zero-order valence-electron chi connectivity index (χ0n) is 10.5. The first-order chi connectivity index (χ1) is 9.66. The normalized spacial score (nSPS) is 10.7. The van der Waals surface area contributed by atoms with Crippen LogP contribution in [0.15, 0.2) is 54.7 Å². The molecule has 20 heavy (non-hydrogen) atoms. The molecule has 4 heteroatoms. The van der Waals surface area contributed by atoms with Crippen molar-refractivity contribution in [3.05, 3.63) is 60.3 Å². The third kappa shape index (κ3) is 2.12. The second-order valence-corrected chi connectivity index (χ2v) is 4.81. The van der Waals surface area contributed by atoms with Crippen molar-refractivity contribution in [3.8, 4) is 11.3 Å². The molecule has 3 rings (SSSR count). The zero-order valence-corrected chi connectivity index (χ0v) is 11.3. The van der Waals surface area contributed by atoms with E-state index in [1.54, 1.807) is 0 Å². The highest BCUT2D eigenvalue weighted by atomic mass is 35.5. The van der Waals surface area contributed by atoms with E-state index in [1.807, 2.05) is 48.5 Å². The van der Waals surface area contributed by atoms with E-state index in [0.29, 0.717) is 11.3 Å². The highest BCUT2D eigenvalue weighted by Crippen LogP contribution is 2.30. The fourth-order valence-corrected chi connectivity index (χ4v) is 2.42. The maximum absolute atomic E-state index is 11.5. The molecule has 0 fully saturated rings. The SMILES string of the molecule is Nc1cccc(-c2ncc(C(=O)Cl)c3ccccc23)c1. The summed E-state index contributed by atoms with van der Waals surface area (Å²) in [7, 11) is 0. The van der Waals surface area contributed by atoms with Crippen molar-refractivity contribution in [2.24, 2.45) is 0 Å². The maximum Gasteiger partial charge on any atom is 0.254 e. The molecule has 2 N–H and O–H groups in total. The van der Waals surface area contributed by atoms with Gasteiger partial charge in [0.2, 0.25) is 0 Å². The number of hydrogen-bond acceptors (Lipinski definition) is 3. The van der Waals surface area contributed by atoms with E-state index < -0.39 is 5.24 Å². The number of nitrogen functional groups attached to an aromatic ring is 1. The van der Waals surface area contributed by atoms with Gasteiger partial charge >= 0.3 is 0 Å². The van der Waals surface area contributed by atoms with E-state index in [9.17, 15) is 4.79 Å². The third-order valence-corrected chi connectivity index (χ3v) is 3.37. The minimum absolute atomic E-state index is 0.412. The zero-order chi connectivity index (χ0) is 14.1. The van der Waals surface area contributed by atoms with E-state index in [1.165, 1.54) is 6.20 Å². The number of hydrogen-bond donors (Lipinski definition) is 1. The van der Waals surface area contributed by atoms with Gasteiger partial charge in [0.1, 0.15) is 0 Å². The number of rotatable bonds is 2. The van der Waals surface area contributed by atoms with Crippen LogP contribution in [0.25, 0.3) is 22.0 Å². The molecule has 98 valence electrons. The van der Waals surface area contributed by atoms with Crippen LogP contribution in [-0.4, -0.2) is 10.2 Å². The summed E-state index contributed by atoms with van der Waals surface area (Å²) in [5, 5.41) is 1.16. The first-order valence-corrected chi connectivity index (χ1v) is 6.48. The van der Waals surface area contributed by atoms with Gasteiger partial charge in [-0.2, -0.15) is 0 Å². The van der Waals surface area contributed by atoms with Crippen molar-refractivity contribution in [3.63, 3.8) is 0 Å². The molecule has 1 aromatic heterocycles. The van der Waals surface area contributed by atoms with Crippen LogP contribution in [0.3, 0.4) is 0 Å². The number of nitrogens with two attached hydrogens (primary N) is 1. The molecule has 0 saturated carbocycles. The second-order valence-electron chi connectivity index (χ2n) is 4.47. The van der Waals surface area contributed by atoms with Crippen LogP contribution in [0.2, 0.25) is 0 Å². The molecule has 0 amide bonds. The summed E-state index contributed by atoms with van der Waals surface area (Å²) in [6.07, 6.45) is 1.51. The number of pyridine rings is 1. The standard InChI is InChI=1S/C16H11ClN2O/c17-16(20)14-9-19-15(10-4-3-5-11(18)8-10)13-7-2-1-6-12(13)14/h1-9H,18H2. The summed E-state index contributed by atoms with van der Waals surface area (Å²) in [5.41, 5.74) is 8.60. The lowest BCUT2D eigenvalue weighted by Crippen LogP contribution is -1.96. The van der Waals surface area contributed by atoms with Crippen LogP contribution < -0.4 is 5.73 Å². The molecule has 2 aromatic carbocycles. The number of fused-ring (bicyclic) bond motifs is 1. The van der Waals surface area contributed by atoms with Gasteiger partial charge in [0.25, 0.3) is 5.24 Å². The van der Waals surface area contributed by atoms with E-state index in [-0.39, 0.29) is 0 Å². The number of aromatic nitrogens is 1. The Kier molecular flexibility index (Phi) is 3.12. The number of carbonyl (C=O) groups is 1. The predicted molar refractivity (Wildman–Crippen MR) is 81.8 cm³/mol. The summed E-state index contributed by atoms with van der Waals surface area (Å²) in [4.78, 5) is 15.8. The number of halogens is 1. The Morgan fingerprint density at radius 2 is 1.80 bits per heavy atom. The maximum atomic E-state index is 11.5. The average Bonchev–Trinajstić information content (AvgIpc) is 2.46. The van der Waals surface area contributed by atoms with E-state index >= 15 is 0 Å². The van der Waals surface area contributed by atoms with Crippen LogP contribution >= 0.6 is 11.6 Å². The van der Waals surface area contributed by atoms with Crippen molar-refractivity contribution in [1.29, 1.82) is 0 Å². The minimum atomic E-state index is -0.507.